The van der Waals surface area contributed by atoms with E-state index in [-0.39, 0.29) is 17.6 Å². The number of aromatic nitrogens is 1. The van der Waals surface area contributed by atoms with Crippen LogP contribution in [0.4, 0.5) is 0 Å². The quantitative estimate of drug-likeness (QED) is 0.686. The van der Waals surface area contributed by atoms with Gasteiger partial charge >= 0.3 is 0 Å². The highest BCUT2D eigenvalue weighted by molar-refractivity contribution is 6.05. The standard InChI is InChI=1S/C20H22N2O4/c1-12-9-10-14-7-5-6-8-15(14)17(12)16-11-26-22-18(16)19(23)21-13(2)20(24-3)25-4/h5-11,13,20H,1-4H3,(H,21,23). The second kappa shape index (κ2) is 7.68. The van der Waals surface area contributed by atoms with Crippen LogP contribution in [0.2, 0.25) is 0 Å². The number of fused-ring (bicyclic) bond motifs is 1. The summed E-state index contributed by atoms with van der Waals surface area (Å²) < 4.78 is 15.5. The van der Waals surface area contributed by atoms with E-state index in [1.54, 1.807) is 6.92 Å². The summed E-state index contributed by atoms with van der Waals surface area (Å²) in [6.07, 6.45) is 0.965. The maximum absolute atomic E-state index is 12.7. The summed E-state index contributed by atoms with van der Waals surface area (Å²) in [5, 5.41) is 8.92. The van der Waals surface area contributed by atoms with Crippen molar-refractivity contribution in [1.29, 1.82) is 0 Å². The monoisotopic (exact) mass is 354 g/mol. The van der Waals surface area contributed by atoms with Gasteiger partial charge in [0.05, 0.1) is 11.6 Å². The molecule has 136 valence electrons. The summed E-state index contributed by atoms with van der Waals surface area (Å²) in [5.41, 5.74) is 2.88. The topological polar surface area (TPSA) is 73.6 Å². The highest BCUT2D eigenvalue weighted by Crippen LogP contribution is 2.33. The molecule has 2 aromatic carbocycles. The van der Waals surface area contributed by atoms with Crippen molar-refractivity contribution in [2.24, 2.45) is 0 Å². The number of nitrogens with one attached hydrogen (secondary N) is 1. The van der Waals surface area contributed by atoms with Crippen molar-refractivity contribution in [2.75, 3.05) is 14.2 Å². The summed E-state index contributed by atoms with van der Waals surface area (Å²) in [6, 6.07) is 11.8. The third kappa shape index (κ3) is 3.34. The van der Waals surface area contributed by atoms with Crippen molar-refractivity contribution in [2.45, 2.75) is 26.2 Å². The van der Waals surface area contributed by atoms with Crippen molar-refractivity contribution in [3.63, 3.8) is 0 Å². The zero-order valence-electron chi connectivity index (χ0n) is 15.3. The van der Waals surface area contributed by atoms with Crippen LogP contribution in [-0.4, -0.2) is 37.6 Å². The van der Waals surface area contributed by atoms with Gasteiger partial charge in [0, 0.05) is 14.2 Å². The number of ether oxygens (including phenoxy) is 2. The molecule has 1 amide bonds. The van der Waals surface area contributed by atoms with Crippen molar-refractivity contribution < 1.29 is 18.8 Å². The Kier molecular flexibility index (Phi) is 5.35. The molecule has 0 bridgehead atoms. The van der Waals surface area contributed by atoms with Crippen LogP contribution in [0.5, 0.6) is 0 Å². The zero-order chi connectivity index (χ0) is 18.7. The third-order valence-electron chi connectivity index (χ3n) is 4.42. The number of amides is 1. The van der Waals surface area contributed by atoms with Gasteiger partial charge < -0.3 is 19.3 Å². The van der Waals surface area contributed by atoms with Crippen LogP contribution in [0, 0.1) is 6.92 Å². The summed E-state index contributed by atoms with van der Waals surface area (Å²) in [7, 11) is 3.05. The fourth-order valence-electron chi connectivity index (χ4n) is 3.16. The molecule has 1 heterocycles. The smallest absolute Gasteiger partial charge is 0.274 e. The fraction of sp³-hybridized carbons (Fsp3) is 0.300. The van der Waals surface area contributed by atoms with Crippen LogP contribution >= 0.6 is 0 Å². The first-order valence-corrected chi connectivity index (χ1v) is 8.36. The molecule has 0 radical (unpaired) electrons. The lowest BCUT2D eigenvalue weighted by Crippen LogP contribution is -2.43. The summed E-state index contributed by atoms with van der Waals surface area (Å²) in [4.78, 5) is 12.7. The summed E-state index contributed by atoms with van der Waals surface area (Å²) in [5.74, 6) is -0.340. The van der Waals surface area contributed by atoms with Crippen molar-refractivity contribution >= 4 is 16.7 Å². The number of hydrogen-bond acceptors (Lipinski definition) is 5. The summed E-state index contributed by atoms with van der Waals surface area (Å²) in [6.45, 7) is 3.81. The zero-order valence-corrected chi connectivity index (χ0v) is 15.3. The van der Waals surface area contributed by atoms with Gasteiger partial charge in [-0.15, -0.1) is 0 Å². The van der Waals surface area contributed by atoms with E-state index in [0.717, 1.165) is 21.9 Å². The highest BCUT2D eigenvalue weighted by Gasteiger charge is 2.24. The average Bonchev–Trinajstić information content (AvgIpc) is 3.12. The number of nitrogens with zero attached hydrogens (tertiary/aromatic N) is 1. The van der Waals surface area contributed by atoms with Crippen LogP contribution in [0.25, 0.3) is 21.9 Å². The van der Waals surface area contributed by atoms with Crippen LogP contribution in [0.3, 0.4) is 0 Å². The molecule has 1 atom stereocenters. The molecular formula is C20H22N2O4. The van der Waals surface area contributed by atoms with Gasteiger partial charge in [-0.3, -0.25) is 4.79 Å². The molecule has 0 spiro atoms. The van der Waals surface area contributed by atoms with Crippen LogP contribution in [-0.2, 0) is 9.47 Å². The number of methoxy groups -OCH3 is 2. The van der Waals surface area contributed by atoms with E-state index < -0.39 is 6.29 Å². The maximum atomic E-state index is 12.7. The minimum Gasteiger partial charge on any atom is -0.363 e. The first-order chi connectivity index (χ1) is 12.6. The molecule has 0 aliphatic rings. The molecule has 0 aliphatic carbocycles. The first kappa shape index (κ1) is 18.1. The van der Waals surface area contributed by atoms with Crippen LogP contribution < -0.4 is 5.32 Å². The predicted octanol–water partition coefficient (Wildman–Crippen LogP) is 3.54. The highest BCUT2D eigenvalue weighted by atomic mass is 16.7. The van der Waals surface area contributed by atoms with Crippen molar-refractivity contribution in [3.05, 3.63) is 53.9 Å². The molecule has 3 aromatic rings. The minimum absolute atomic E-state index is 0.238. The molecule has 3 rings (SSSR count). The number of benzene rings is 2. The van der Waals surface area contributed by atoms with Gasteiger partial charge in [0.2, 0.25) is 0 Å². The van der Waals surface area contributed by atoms with Gasteiger partial charge in [-0.2, -0.15) is 0 Å². The summed E-state index contributed by atoms with van der Waals surface area (Å²) >= 11 is 0. The van der Waals surface area contributed by atoms with Gasteiger partial charge in [0.15, 0.2) is 12.0 Å². The maximum Gasteiger partial charge on any atom is 0.274 e. The van der Waals surface area contributed by atoms with E-state index in [0.29, 0.717) is 5.56 Å². The number of rotatable bonds is 6. The molecule has 6 heteroatoms. The lowest BCUT2D eigenvalue weighted by atomic mass is 9.94. The van der Waals surface area contributed by atoms with Gasteiger partial charge in [0.25, 0.3) is 5.91 Å². The normalized spacial score (nSPS) is 12.5. The third-order valence-corrected chi connectivity index (χ3v) is 4.42. The number of aryl methyl sites for hydroxylation is 1. The molecular weight excluding hydrogens is 332 g/mol. The fourth-order valence-corrected chi connectivity index (χ4v) is 3.16. The molecule has 26 heavy (non-hydrogen) atoms. The van der Waals surface area contributed by atoms with Crippen LogP contribution in [0.1, 0.15) is 23.0 Å². The van der Waals surface area contributed by atoms with E-state index in [1.165, 1.54) is 20.5 Å². The molecule has 6 nitrogen and oxygen atoms in total. The van der Waals surface area contributed by atoms with Crippen molar-refractivity contribution in [1.82, 2.24) is 10.5 Å². The second-order valence-electron chi connectivity index (χ2n) is 6.16. The Labute approximate surface area is 152 Å². The number of carbonyl (C=O) groups excluding carboxylic acids is 1. The Balaban J connectivity index is 2.00. The molecule has 1 aromatic heterocycles. The van der Waals surface area contributed by atoms with E-state index in [2.05, 4.69) is 16.5 Å². The van der Waals surface area contributed by atoms with E-state index in [4.69, 9.17) is 14.0 Å². The Morgan fingerprint density at radius 1 is 1.15 bits per heavy atom. The first-order valence-electron chi connectivity index (χ1n) is 8.36. The molecule has 0 fully saturated rings. The molecule has 0 saturated heterocycles. The molecule has 1 unspecified atom stereocenters. The Morgan fingerprint density at radius 2 is 1.88 bits per heavy atom. The van der Waals surface area contributed by atoms with E-state index in [1.807, 2.05) is 37.3 Å². The average molecular weight is 354 g/mol. The van der Waals surface area contributed by atoms with Crippen LogP contribution in [0.15, 0.2) is 47.2 Å². The number of hydrogen-bond donors (Lipinski definition) is 1. The Morgan fingerprint density at radius 3 is 2.62 bits per heavy atom. The predicted molar refractivity (Wildman–Crippen MR) is 98.9 cm³/mol. The van der Waals surface area contributed by atoms with E-state index in [9.17, 15) is 4.79 Å². The lowest BCUT2D eigenvalue weighted by molar-refractivity contribution is -0.117. The Hall–Kier alpha value is -2.70. The van der Waals surface area contributed by atoms with Crippen molar-refractivity contribution in [3.8, 4) is 11.1 Å². The number of carbonyl (C=O) groups is 1. The van der Waals surface area contributed by atoms with Gasteiger partial charge in [-0.1, -0.05) is 41.6 Å². The minimum atomic E-state index is -0.548. The van der Waals surface area contributed by atoms with Gasteiger partial charge in [-0.05, 0) is 35.7 Å². The molecule has 0 saturated carbocycles. The lowest BCUT2D eigenvalue weighted by Gasteiger charge is -2.21. The van der Waals surface area contributed by atoms with Gasteiger partial charge in [0.1, 0.15) is 6.26 Å². The SMILES string of the molecule is COC(OC)C(C)NC(=O)c1nocc1-c1c(C)ccc2ccccc12. The second-order valence-corrected chi connectivity index (χ2v) is 6.16. The van der Waals surface area contributed by atoms with Gasteiger partial charge in [-0.25, -0.2) is 0 Å². The molecule has 1 N–H and O–H groups in total. The largest absolute Gasteiger partial charge is 0.363 e. The molecule has 0 aliphatic heterocycles. The van der Waals surface area contributed by atoms with E-state index >= 15 is 0 Å². The Bertz CT molecular complexity index is 915.